The van der Waals surface area contributed by atoms with Crippen LogP contribution in [0, 0.1) is 5.82 Å². The average molecular weight is 367 g/mol. The maximum absolute atomic E-state index is 13.1. The monoisotopic (exact) mass is 367 g/mol. The lowest BCUT2D eigenvalue weighted by atomic mass is 10.1. The summed E-state index contributed by atoms with van der Waals surface area (Å²) in [5.74, 6) is -4.19. The summed E-state index contributed by atoms with van der Waals surface area (Å²) in [6, 6.07) is 12.5. The maximum atomic E-state index is 13.1. The second kappa shape index (κ2) is 7.25. The number of aromatic nitrogens is 1. The number of halogens is 1. The maximum Gasteiger partial charge on any atom is 0.376 e. The van der Waals surface area contributed by atoms with E-state index >= 15 is 0 Å². The molecule has 0 aliphatic heterocycles. The van der Waals surface area contributed by atoms with Crippen molar-refractivity contribution < 1.29 is 24.2 Å². The fourth-order valence-corrected chi connectivity index (χ4v) is 2.71. The average Bonchev–Trinajstić information content (AvgIpc) is 2.65. The Hall–Kier alpha value is -3.74. The van der Waals surface area contributed by atoms with Crippen molar-refractivity contribution in [1.29, 1.82) is 0 Å². The summed E-state index contributed by atoms with van der Waals surface area (Å²) in [4.78, 5) is 34.7. The van der Waals surface area contributed by atoms with Crippen LogP contribution in [-0.4, -0.2) is 26.5 Å². The third-order valence-electron chi connectivity index (χ3n) is 4.01. The number of aliphatic hydroxyl groups is 1. The van der Waals surface area contributed by atoms with Crippen LogP contribution in [0.1, 0.15) is 11.1 Å². The van der Waals surface area contributed by atoms with E-state index in [-0.39, 0.29) is 17.9 Å². The van der Waals surface area contributed by atoms with E-state index in [1.54, 1.807) is 41.0 Å². The van der Waals surface area contributed by atoms with Crippen LogP contribution in [0.4, 0.5) is 4.39 Å². The van der Waals surface area contributed by atoms with E-state index in [4.69, 9.17) is 5.11 Å². The zero-order valence-corrected chi connectivity index (χ0v) is 13.9. The molecule has 3 aromatic rings. The van der Waals surface area contributed by atoms with Crippen LogP contribution >= 0.6 is 0 Å². The van der Waals surface area contributed by atoms with Crippen LogP contribution in [0.25, 0.3) is 16.7 Å². The Kier molecular flexibility index (Phi) is 4.85. The summed E-state index contributed by atoms with van der Waals surface area (Å²) in [5, 5.41) is 19.1. The first-order valence-corrected chi connectivity index (χ1v) is 7.91. The number of benzene rings is 2. The molecule has 0 aliphatic rings. The molecule has 6 nitrogen and oxygen atoms in total. The number of para-hydroxylation sites is 1. The number of aliphatic carboxylic acids is 1. The molecule has 27 heavy (non-hydrogen) atoms. The van der Waals surface area contributed by atoms with Crippen molar-refractivity contribution >= 4 is 28.4 Å². The van der Waals surface area contributed by atoms with Crippen molar-refractivity contribution in [3.05, 3.63) is 88.0 Å². The molecule has 136 valence electrons. The van der Waals surface area contributed by atoms with Crippen molar-refractivity contribution in [3.63, 3.8) is 0 Å². The number of carboxylic acids is 1. The number of nitrogens with zero attached hydrogens (tertiary/aromatic N) is 1. The zero-order valence-electron chi connectivity index (χ0n) is 13.9. The third kappa shape index (κ3) is 3.77. The lowest BCUT2D eigenvalue weighted by molar-refractivity contribution is -0.146. The number of fused-ring (bicyclic) bond motifs is 1. The number of carbonyl (C=O) groups excluding carboxylic acids is 1. The van der Waals surface area contributed by atoms with Gasteiger partial charge in [-0.25, -0.2) is 9.18 Å². The molecule has 3 rings (SSSR count). The molecule has 0 saturated carbocycles. The summed E-state index contributed by atoms with van der Waals surface area (Å²) in [6.45, 7) is 0.272. The minimum atomic E-state index is -1.74. The second-order valence-electron chi connectivity index (χ2n) is 5.84. The van der Waals surface area contributed by atoms with E-state index in [1.807, 2.05) is 0 Å². The van der Waals surface area contributed by atoms with Gasteiger partial charge >= 0.3 is 5.97 Å². The Morgan fingerprint density at radius 1 is 1.04 bits per heavy atom. The van der Waals surface area contributed by atoms with E-state index in [9.17, 15) is 23.9 Å². The van der Waals surface area contributed by atoms with Crippen LogP contribution in [-0.2, 0) is 16.1 Å². The number of pyridine rings is 1. The van der Waals surface area contributed by atoms with Crippen LogP contribution in [0.5, 0.6) is 0 Å². The lowest BCUT2D eigenvalue weighted by Gasteiger charge is -2.13. The molecule has 0 radical (unpaired) electrons. The molecule has 0 fully saturated rings. The molecule has 0 spiro atoms. The fraction of sp³-hybridized carbons (Fsp3) is 0.0500. The van der Waals surface area contributed by atoms with Gasteiger partial charge in [-0.15, -0.1) is 0 Å². The Labute approximate surface area is 152 Å². The Morgan fingerprint density at radius 2 is 1.70 bits per heavy atom. The normalized spacial score (nSPS) is 11.5. The largest absolute Gasteiger partial charge is 0.507 e. The number of rotatable bonds is 5. The van der Waals surface area contributed by atoms with Gasteiger partial charge in [0.2, 0.25) is 0 Å². The summed E-state index contributed by atoms with van der Waals surface area (Å²) in [7, 11) is 0. The molecule has 0 saturated heterocycles. The van der Waals surface area contributed by atoms with Gasteiger partial charge < -0.3 is 14.8 Å². The van der Waals surface area contributed by atoms with Crippen molar-refractivity contribution in [3.8, 4) is 0 Å². The predicted octanol–water partition coefficient (Wildman–Crippen LogP) is 2.74. The fourth-order valence-electron chi connectivity index (χ4n) is 2.71. The van der Waals surface area contributed by atoms with Gasteiger partial charge in [0.25, 0.3) is 5.78 Å². The van der Waals surface area contributed by atoms with Gasteiger partial charge in [0, 0.05) is 24.2 Å². The number of hydrogen-bond donors (Lipinski definition) is 2. The molecule has 2 N–H and O–H groups in total. The van der Waals surface area contributed by atoms with Crippen molar-refractivity contribution in [2.24, 2.45) is 0 Å². The number of carboxylic acid groups (broad SMARTS) is 1. The highest BCUT2D eigenvalue weighted by Gasteiger charge is 2.16. The summed E-state index contributed by atoms with van der Waals surface area (Å²) in [5.41, 5.74) is 0.590. The standard InChI is InChI=1S/C20H14FNO5/c21-13-7-5-12(6-8-13)10-22-11-15(17(23)9-18(24)20(26)27)19(25)14-3-1-2-4-16(14)22/h1-9,11,23H,10H2,(H,26,27)/b17-9-. The van der Waals surface area contributed by atoms with Crippen molar-refractivity contribution in [2.45, 2.75) is 6.54 Å². The van der Waals surface area contributed by atoms with Crippen molar-refractivity contribution in [2.75, 3.05) is 0 Å². The van der Waals surface area contributed by atoms with E-state index in [2.05, 4.69) is 0 Å². The van der Waals surface area contributed by atoms with Crippen molar-refractivity contribution in [1.82, 2.24) is 4.57 Å². The first-order valence-electron chi connectivity index (χ1n) is 7.91. The van der Waals surface area contributed by atoms with Crippen LogP contribution < -0.4 is 5.43 Å². The summed E-state index contributed by atoms with van der Waals surface area (Å²) < 4.78 is 14.8. The smallest absolute Gasteiger partial charge is 0.376 e. The Balaban J connectivity index is 2.17. The second-order valence-corrected chi connectivity index (χ2v) is 5.84. The lowest BCUT2D eigenvalue weighted by Crippen LogP contribution is -2.16. The number of hydrogen-bond acceptors (Lipinski definition) is 4. The molecule has 0 atom stereocenters. The van der Waals surface area contributed by atoms with Gasteiger partial charge in [-0.1, -0.05) is 24.3 Å². The highest BCUT2D eigenvalue weighted by atomic mass is 19.1. The van der Waals surface area contributed by atoms with Gasteiger partial charge in [-0.2, -0.15) is 0 Å². The first kappa shape index (κ1) is 18.1. The molecule has 0 unspecified atom stereocenters. The highest BCUT2D eigenvalue weighted by molar-refractivity contribution is 6.38. The molecule has 1 heterocycles. The molecule has 0 aliphatic carbocycles. The van der Waals surface area contributed by atoms with E-state index in [1.165, 1.54) is 18.3 Å². The van der Waals surface area contributed by atoms with Gasteiger partial charge in [0.1, 0.15) is 11.6 Å². The number of ketones is 1. The topological polar surface area (TPSA) is 96.6 Å². The Morgan fingerprint density at radius 3 is 2.37 bits per heavy atom. The van der Waals surface area contributed by atoms with Gasteiger partial charge in [-0.05, 0) is 29.8 Å². The number of carbonyl (C=O) groups is 2. The van der Waals surface area contributed by atoms with Crippen LogP contribution in [0.15, 0.2) is 65.6 Å². The van der Waals surface area contributed by atoms with Gasteiger partial charge in [-0.3, -0.25) is 9.59 Å². The molecule has 7 heteroatoms. The van der Waals surface area contributed by atoms with Gasteiger partial charge in [0.15, 0.2) is 5.43 Å². The van der Waals surface area contributed by atoms with E-state index < -0.39 is 22.9 Å². The minimum Gasteiger partial charge on any atom is -0.507 e. The van der Waals surface area contributed by atoms with Crippen LogP contribution in [0.3, 0.4) is 0 Å². The third-order valence-corrected chi connectivity index (χ3v) is 4.01. The molecular weight excluding hydrogens is 353 g/mol. The summed E-state index contributed by atoms with van der Waals surface area (Å²) in [6.07, 6.45) is 1.84. The molecule has 1 aromatic heterocycles. The Bertz CT molecular complexity index is 1130. The van der Waals surface area contributed by atoms with E-state index in [0.29, 0.717) is 17.0 Å². The summed E-state index contributed by atoms with van der Waals surface area (Å²) >= 11 is 0. The molecule has 2 aromatic carbocycles. The quantitative estimate of drug-likeness (QED) is 0.411. The predicted molar refractivity (Wildman–Crippen MR) is 97.0 cm³/mol. The van der Waals surface area contributed by atoms with E-state index in [0.717, 1.165) is 5.56 Å². The molecule has 0 bridgehead atoms. The first-order chi connectivity index (χ1) is 12.9. The molecule has 0 amide bonds. The minimum absolute atomic E-state index is 0.203. The molecular formula is C20H14FNO5. The highest BCUT2D eigenvalue weighted by Crippen LogP contribution is 2.17. The van der Waals surface area contributed by atoms with Gasteiger partial charge in [0.05, 0.1) is 11.1 Å². The zero-order chi connectivity index (χ0) is 19.6. The number of aliphatic hydroxyl groups excluding tert-OH is 1. The SMILES string of the molecule is O=C(O)C(=O)/C=C(\O)c1cn(Cc2ccc(F)cc2)c2ccccc2c1=O. The van der Waals surface area contributed by atoms with Crippen LogP contribution in [0.2, 0.25) is 0 Å².